The lowest BCUT2D eigenvalue weighted by Crippen LogP contribution is -2.44. The molecule has 3 amide bonds. The second-order valence-corrected chi connectivity index (χ2v) is 7.22. The van der Waals surface area contributed by atoms with Crippen LogP contribution in [0.3, 0.4) is 0 Å². The fourth-order valence-corrected chi connectivity index (χ4v) is 2.66. The third-order valence-electron chi connectivity index (χ3n) is 3.37. The lowest BCUT2D eigenvalue weighted by atomic mass is 10.1. The van der Waals surface area contributed by atoms with Crippen LogP contribution in [-0.4, -0.2) is 46.0 Å². The maximum atomic E-state index is 11.8. The molecule has 0 fully saturated rings. The minimum absolute atomic E-state index is 0.0108. The van der Waals surface area contributed by atoms with Crippen molar-refractivity contribution in [3.63, 3.8) is 0 Å². The first-order valence-corrected chi connectivity index (χ1v) is 9.48. The summed E-state index contributed by atoms with van der Waals surface area (Å²) in [5.74, 6) is -1.32. The first-order chi connectivity index (χ1) is 12.2. The Bertz CT molecular complexity index is 746. The fourth-order valence-electron chi connectivity index (χ4n) is 1.93. The zero-order valence-corrected chi connectivity index (χ0v) is 15.7. The summed E-state index contributed by atoms with van der Waals surface area (Å²) in [5.41, 5.74) is 0.747. The average molecular weight is 385 g/mol. The van der Waals surface area contributed by atoms with Gasteiger partial charge in [-0.2, -0.15) is 0 Å². The number of sulfonamides is 1. The van der Waals surface area contributed by atoms with E-state index in [1.807, 2.05) is 0 Å². The molecule has 9 nitrogen and oxygen atoms in total. The van der Waals surface area contributed by atoms with Crippen molar-refractivity contribution in [1.29, 1.82) is 0 Å². The number of hydrogen-bond acceptors (Lipinski definition) is 6. The van der Waals surface area contributed by atoms with Crippen molar-refractivity contribution in [3.8, 4) is 0 Å². The van der Waals surface area contributed by atoms with Crippen molar-refractivity contribution in [2.24, 2.45) is 0 Å². The summed E-state index contributed by atoms with van der Waals surface area (Å²) in [6.45, 7) is 3.43. The molecule has 1 aromatic rings. The summed E-state index contributed by atoms with van der Waals surface area (Å²) in [4.78, 5) is 34.9. The molecule has 1 aromatic carbocycles. The second-order valence-electron chi connectivity index (χ2n) is 5.33. The van der Waals surface area contributed by atoms with Gasteiger partial charge in [0.15, 0.2) is 6.10 Å². The van der Waals surface area contributed by atoms with Crippen LogP contribution in [-0.2, 0) is 30.8 Å². The zero-order valence-electron chi connectivity index (χ0n) is 14.9. The molecule has 0 aliphatic heterocycles. The molecule has 0 heterocycles. The topological polar surface area (TPSA) is 131 Å². The van der Waals surface area contributed by atoms with Crippen molar-refractivity contribution in [2.45, 2.75) is 37.7 Å². The molecule has 1 unspecified atom stereocenters. The Morgan fingerprint density at radius 3 is 2.31 bits per heavy atom. The monoisotopic (exact) mass is 385 g/mol. The molecule has 0 radical (unpaired) electrons. The Hall–Kier alpha value is -2.46. The van der Waals surface area contributed by atoms with Gasteiger partial charge in [-0.3, -0.25) is 14.9 Å². The van der Waals surface area contributed by atoms with Crippen LogP contribution in [0.2, 0.25) is 0 Å². The van der Waals surface area contributed by atoms with Gasteiger partial charge in [0.2, 0.25) is 10.0 Å². The number of aryl methyl sites for hydroxylation is 1. The number of benzene rings is 1. The maximum absolute atomic E-state index is 11.8. The van der Waals surface area contributed by atoms with Gasteiger partial charge in [0.25, 0.3) is 5.91 Å². The maximum Gasteiger partial charge on any atom is 0.321 e. The summed E-state index contributed by atoms with van der Waals surface area (Å²) in [5, 5.41) is 4.45. The number of urea groups is 1. The van der Waals surface area contributed by atoms with Gasteiger partial charge in [-0.25, -0.2) is 17.9 Å². The van der Waals surface area contributed by atoms with Crippen molar-refractivity contribution in [1.82, 2.24) is 15.4 Å². The molecular weight excluding hydrogens is 362 g/mol. The molecule has 0 aliphatic carbocycles. The largest absolute Gasteiger partial charge is 0.453 e. The summed E-state index contributed by atoms with van der Waals surface area (Å²) in [6, 6.07) is 5.42. The highest BCUT2D eigenvalue weighted by Crippen LogP contribution is 2.12. The predicted molar refractivity (Wildman–Crippen MR) is 93.8 cm³/mol. The lowest BCUT2D eigenvalue weighted by molar-refractivity contribution is -0.154. The van der Waals surface area contributed by atoms with Crippen LogP contribution in [0.25, 0.3) is 0 Å². The molecule has 10 heteroatoms. The Morgan fingerprint density at radius 2 is 1.77 bits per heavy atom. The normalized spacial score (nSPS) is 12.1. The van der Waals surface area contributed by atoms with E-state index in [1.165, 1.54) is 26.1 Å². The number of carbonyl (C=O) groups excluding carboxylic acids is 3. The van der Waals surface area contributed by atoms with Crippen molar-refractivity contribution in [2.75, 3.05) is 13.6 Å². The SMILES string of the molecule is CCNC(=O)NC(=O)C(C)OC(=O)CCc1ccc(S(=O)(=O)NC)cc1. The molecule has 26 heavy (non-hydrogen) atoms. The van der Waals surface area contributed by atoms with Crippen molar-refractivity contribution in [3.05, 3.63) is 29.8 Å². The second kappa shape index (κ2) is 9.88. The fraction of sp³-hybridized carbons (Fsp3) is 0.438. The number of imide groups is 1. The number of esters is 1. The molecule has 0 aliphatic rings. The number of nitrogens with one attached hydrogen (secondary N) is 3. The summed E-state index contributed by atoms with van der Waals surface area (Å²) in [7, 11) is -2.18. The number of carbonyl (C=O) groups is 3. The van der Waals surface area contributed by atoms with E-state index >= 15 is 0 Å². The van der Waals surface area contributed by atoms with Gasteiger partial charge < -0.3 is 10.1 Å². The zero-order chi connectivity index (χ0) is 19.7. The van der Waals surface area contributed by atoms with Crippen molar-refractivity contribution < 1.29 is 27.5 Å². The average Bonchev–Trinajstić information content (AvgIpc) is 2.60. The Kier molecular flexibility index (Phi) is 8.20. The molecule has 0 saturated carbocycles. The van der Waals surface area contributed by atoms with Gasteiger partial charge in [-0.1, -0.05) is 12.1 Å². The van der Waals surface area contributed by atoms with Crippen molar-refractivity contribution >= 4 is 27.9 Å². The standard InChI is InChI=1S/C16H23N3O6S/c1-4-18-16(22)19-15(21)11(2)25-14(20)10-7-12-5-8-13(9-6-12)26(23,24)17-3/h5-6,8-9,11,17H,4,7,10H2,1-3H3,(H2,18,19,21,22). The minimum atomic E-state index is -3.50. The molecule has 3 N–H and O–H groups in total. The van der Waals surface area contributed by atoms with Crippen LogP contribution >= 0.6 is 0 Å². The van der Waals surface area contributed by atoms with Crippen LogP contribution in [0.5, 0.6) is 0 Å². The molecular formula is C16H23N3O6S. The van der Waals surface area contributed by atoms with E-state index in [2.05, 4.69) is 15.4 Å². The van der Waals surface area contributed by atoms with Crippen LogP contribution in [0, 0.1) is 0 Å². The van der Waals surface area contributed by atoms with Gasteiger partial charge in [-0.05, 0) is 45.0 Å². The number of rotatable bonds is 8. The van der Waals surface area contributed by atoms with Gasteiger partial charge in [0.05, 0.1) is 4.90 Å². The summed E-state index contributed by atoms with van der Waals surface area (Å²) < 4.78 is 30.4. The van der Waals surface area contributed by atoms with E-state index in [-0.39, 0.29) is 11.3 Å². The van der Waals surface area contributed by atoms with Gasteiger partial charge in [0.1, 0.15) is 0 Å². The molecule has 0 spiro atoms. The van der Waals surface area contributed by atoms with Gasteiger partial charge in [0, 0.05) is 13.0 Å². The van der Waals surface area contributed by atoms with E-state index < -0.39 is 34.0 Å². The van der Waals surface area contributed by atoms with Crippen LogP contribution < -0.4 is 15.4 Å². The third kappa shape index (κ3) is 6.81. The molecule has 144 valence electrons. The summed E-state index contributed by atoms with van der Waals surface area (Å²) >= 11 is 0. The molecule has 0 aromatic heterocycles. The number of hydrogen-bond donors (Lipinski definition) is 3. The van der Waals surface area contributed by atoms with E-state index in [0.717, 1.165) is 5.56 Å². The van der Waals surface area contributed by atoms with E-state index in [9.17, 15) is 22.8 Å². The lowest BCUT2D eigenvalue weighted by Gasteiger charge is -2.13. The number of amides is 3. The van der Waals surface area contributed by atoms with Gasteiger partial charge in [-0.15, -0.1) is 0 Å². The first kappa shape index (κ1) is 21.6. The van der Waals surface area contributed by atoms with E-state index in [4.69, 9.17) is 4.74 Å². The Morgan fingerprint density at radius 1 is 1.15 bits per heavy atom. The Labute approximate surface area is 152 Å². The predicted octanol–water partition coefficient (Wildman–Crippen LogP) is 0.305. The third-order valence-corrected chi connectivity index (χ3v) is 4.80. The van der Waals surface area contributed by atoms with Crippen LogP contribution in [0.1, 0.15) is 25.8 Å². The molecule has 0 bridgehead atoms. The Balaban J connectivity index is 2.49. The first-order valence-electron chi connectivity index (χ1n) is 8.00. The molecule has 1 rings (SSSR count). The smallest absolute Gasteiger partial charge is 0.321 e. The van der Waals surface area contributed by atoms with Crippen LogP contribution in [0.4, 0.5) is 4.79 Å². The van der Waals surface area contributed by atoms with E-state index in [1.54, 1.807) is 19.1 Å². The number of ether oxygens (including phenoxy) is 1. The molecule has 0 saturated heterocycles. The minimum Gasteiger partial charge on any atom is -0.453 e. The van der Waals surface area contributed by atoms with E-state index in [0.29, 0.717) is 13.0 Å². The summed E-state index contributed by atoms with van der Waals surface area (Å²) in [6.07, 6.45) is -0.770. The quantitative estimate of drug-likeness (QED) is 0.552. The molecule has 1 atom stereocenters. The highest BCUT2D eigenvalue weighted by Gasteiger charge is 2.19. The highest BCUT2D eigenvalue weighted by molar-refractivity contribution is 7.89. The highest BCUT2D eigenvalue weighted by atomic mass is 32.2. The van der Waals surface area contributed by atoms with Crippen LogP contribution in [0.15, 0.2) is 29.2 Å². The van der Waals surface area contributed by atoms with Gasteiger partial charge >= 0.3 is 12.0 Å².